The van der Waals surface area contributed by atoms with E-state index in [4.69, 9.17) is 0 Å². The van der Waals surface area contributed by atoms with Crippen LogP contribution < -0.4 is 4.80 Å². The van der Waals surface area contributed by atoms with Gasteiger partial charge in [-0.05, 0) is 37.1 Å². The van der Waals surface area contributed by atoms with Crippen molar-refractivity contribution in [3.05, 3.63) is 78.4 Å². The minimum absolute atomic E-state index is 0.00390. The average molecular weight is 474 g/mol. The molecule has 0 fully saturated rings. The molecule has 0 aliphatic rings. The number of hydrogen-bond donors (Lipinski definition) is 0. The molecule has 0 bridgehead atoms. The first-order chi connectivity index (χ1) is 14.0. The maximum absolute atomic E-state index is 12.8. The highest BCUT2D eigenvalue weighted by Crippen LogP contribution is 2.28. The van der Waals surface area contributed by atoms with Gasteiger partial charge in [-0.25, -0.2) is 0 Å². The Morgan fingerprint density at radius 2 is 1.86 bits per heavy atom. The van der Waals surface area contributed by atoms with Crippen molar-refractivity contribution in [2.24, 2.45) is 4.99 Å². The van der Waals surface area contributed by atoms with Gasteiger partial charge in [-0.1, -0.05) is 53.5 Å². The third-order valence-electron chi connectivity index (χ3n) is 4.42. The van der Waals surface area contributed by atoms with Gasteiger partial charge in [-0.15, -0.1) is 11.3 Å². The van der Waals surface area contributed by atoms with Crippen LogP contribution in [-0.4, -0.2) is 15.4 Å². The van der Waals surface area contributed by atoms with E-state index in [9.17, 15) is 14.9 Å². The van der Waals surface area contributed by atoms with Crippen molar-refractivity contribution in [1.29, 1.82) is 0 Å². The molecule has 0 unspecified atom stereocenters. The van der Waals surface area contributed by atoms with Crippen molar-refractivity contribution >= 4 is 38.9 Å². The van der Waals surface area contributed by atoms with E-state index in [1.165, 1.54) is 29.5 Å². The maximum Gasteiger partial charge on any atom is 0.286 e. The van der Waals surface area contributed by atoms with Crippen molar-refractivity contribution in [3.63, 3.8) is 0 Å². The number of halogens is 1. The number of rotatable bonds is 6. The maximum atomic E-state index is 12.8. The van der Waals surface area contributed by atoms with Crippen LogP contribution in [0.1, 0.15) is 35.5 Å². The molecule has 0 aliphatic carbocycles. The standard InChI is InChI=1S/C21H20BrN3O3S/c1-3-7-18-19(14-10-12-15(22)13-11-14)24(4-2)21(29-18)23-20(26)16-8-5-6-9-17(16)25(27)28/h5-6,8-13H,3-4,7H2,1-2H3. The Hall–Kier alpha value is -2.58. The molecule has 0 saturated heterocycles. The second-order valence-corrected chi connectivity index (χ2v) is 8.33. The van der Waals surface area contributed by atoms with Crippen LogP contribution in [0.3, 0.4) is 0 Å². The van der Waals surface area contributed by atoms with Crippen molar-refractivity contribution in [3.8, 4) is 11.3 Å². The molecule has 3 rings (SSSR count). The van der Waals surface area contributed by atoms with E-state index in [0.29, 0.717) is 11.3 Å². The van der Waals surface area contributed by atoms with Crippen LogP contribution in [0, 0.1) is 10.1 Å². The predicted octanol–water partition coefficient (Wildman–Crippen LogP) is 5.60. The molecule has 8 heteroatoms. The van der Waals surface area contributed by atoms with Gasteiger partial charge in [0, 0.05) is 22.0 Å². The summed E-state index contributed by atoms with van der Waals surface area (Å²) < 4.78 is 3.00. The van der Waals surface area contributed by atoms with Crippen LogP contribution in [0.25, 0.3) is 11.3 Å². The number of hydrogen-bond acceptors (Lipinski definition) is 4. The molecule has 0 aliphatic heterocycles. The molecule has 150 valence electrons. The molecule has 0 spiro atoms. The number of benzene rings is 2. The average Bonchev–Trinajstić information content (AvgIpc) is 3.05. The molecule has 1 amide bonds. The number of thiazole rings is 1. The van der Waals surface area contributed by atoms with E-state index in [1.54, 1.807) is 6.07 Å². The van der Waals surface area contributed by atoms with E-state index in [2.05, 4.69) is 27.8 Å². The Morgan fingerprint density at radius 1 is 1.17 bits per heavy atom. The van der Waals surface area contributed by atoms with E-state index >= 15 is 0 Å². The van der Waals surface area contributed by atoms with E-state index in [0.717, 1.165) is 33.4 Å². The van der Waals surface area contributed by atoms with Crippen LogP contribution in [0.5, 0.6) is 0 Å². The van der Waals surface area contributed by atoms with Gasteiger partial charge < -0.3 is 4.57 Å². The number of aryl methyl sites for hydroxylation is 1. The first-order valence-electron chi connectivity index (χ1n) is 9.27. The van der Waals surface area contributed by atoms with Gasteiger partial charge in [0.05, 0.1) is 10.6 Å². The van der Waals surface area contributed by atoms with Gasteiger partial charge in [0.25, 0.3) is 11.6 Å². The molecule has 0 N–H and O–H groups in total. The second kappa shape index (κ2) is 9.28. The first-order valence-corrected chi connectivity index (χ1v) is 10.9. The van der Waals surface area contributed by atoms with Crippen molar-refractivity contribution in [2.45, 2.75) is 33.2 Å². The fourth-order valence-electron chi connectivity index (χ4n) is 3.12. The number of nitrogens with zero attached hydrogens (tertiary/aromatic N) is 3. The van der Waals surface area contributed by atoms with Crippen LogP contribution in [0.4, 0.5) is 5.69 Å². The van der Waals surface area contributed by atoms with Crippen molar-refractivity contribution in [1.82, 2.24) is 4.57 Å². The zero-order valence-corrected chi connectivity index (χ0v) is 18.5. The topological polar surface area (TPSA) is 77.5 Å². The quantitative estimate of drug-likeness (QED) is 0.345. The molecule has 0 atom stereocenters. The molecule has 0 saturated carbocycles. The largest absolute Gasteiger partial charge is 0.316 e. The summed E-state index contributed by atoms with van der Waals surface area (Å²) in [5.41, 5.74) is 1.86. The van der Waals surface area contributed by atoms with Crippen molar-refractivity contribution in [2.75, 3.05) is 0 Å². The Bertz CT molecular complexity index is 1120. The molecule has 29 heavy (non-hydrogen) atoms. The fourth-order valence-corrected chi connectivity index (χ4v) is 4.69. The molecule has 6 nitrogen and oxygen atoms in total. The van der Waals surface area contributed by atoms with E-state index in [1.807, 2.05) is 35.8 Å². The summed E-state index contributed by atoms with van der Waals surface area (Å²) in [6, 6.07) is 13.9. The lowest BCUT2D eigenvalue weighted by Gasteiger charge is -2.09. The lowest BCUT2D eigenvalue weighted by atomic mass is 10.1. The van der Waals surface area contributed by atoms with Gasteiger partial charge in [0.1, 0.15) is 5.56 Å². The molecular formula is C21H20BrN3O3S. The summed E-state index contributed by atoms with van der Waals surface area (Å²) in [7, 11) is 0. The first kappa shape index (κ1) is 21.1. The molecule has 1 heterocycles. The van der Waals surface area contributed by atoms with Crippen molar-refractivity contribution < 1.29 is 9.72 Å². The number of carbonyl (C=O) groups is 1. The molecule has 3 aromatic rings. The lowest BCUT2D eigenvalue weighted by molar-refractivity contribution is -0.385. The van der Waals surface area contributed by atoms with Gasteiger partial charge in [-0.2, -0.15) is 4.99 Å². The number of carbonyl (C=O) groups excluding carboxylic acids is 1. The zero-order valence-electron chi connectivity index (χ0n) is 16.1. The SMILES string of the molecule is CCCc1sc(=NC(=O)c2ccccc2[N+](=O)[O-])n(CC)c1-c1ccc(Br)cc1. The molecular weight excluding hydrogens is 454 g/mol. The van der Waals surface area contributed by atoms with Crippen LogP contribution in [0.2, 0.25) is 0 Å². The van der Waals surface area contributed by atoms with E-state index in [-0.39, 0.29) is 11.3 Å². The van der Waals surface area contributed by atoms with Crippen LogP contribution in [-0.2, 0) is 13.0 Å². The highest BCUT2D eigenvalue weighted by Gasteiger charge is 2.20. The fraction of sp³-hybridized carbons (Fsp3) is 0.238. The molecule has 1 aromatic heterocycles. The third-order valence-corrected chi connectivity index (χ3v) is 6.09. The van der Waals surface area contributed by atoms with Gasteiger partial charge in [0.2, 0.25) is 0 Å². The summed E-state index contributed by atoms with van der Waals surface area (Å²) in [6.45, 7) is 4.74. The number of nitro benzene ring substituents is 1. The van der Waals surface area contributed by atoms with Crippen LogP contribution >= 0.6 is 27.3 Å². The summed E-state index contributed by atoms with van der Waals surface area (Å²) in [6.07, 6.45) is 1.83. The summed E-state index contributed by atoms with van der Waals surface area (Å²) >= 11 is 4.93. The predicted molar refractivity (Wildman–Crippen MR) is 118 cm³/mol. The number of para-hydroxylation sites is 1. The van der Waals surface area contributed by atoms with E-state index < -0.39 is 10.8 Å². The number of aromatic nitrogens is 1. The summed E-state index contributed by atoms with van der Waals surface area (Å²) in [4.78, 5) is 29.5. The number of nitro groups is 1. The highest BCUT2D eigenvalue weighted by molar-refractivity contribution is 9.10. The van der Waals surface area contributed by atoms with Gasteiger partial charge >= 0.3 is 0 Å². The third kappa shape index (κ3) is 4.54. The molecule has 2 aromatic carbocycles. The Balaban J connectivity index is 2.17. The Kier molecular flexibility index (Phi) is 6.76. The smallest absolute Gasteiger partial charge is 0.286 e. The van der Waals surface area contributed by atoms with Gasteiger partial charge in [0.15, 0.2) is 4.80 Å². The summed E-state index contributed by atoms with van der Waals surface area (Å²) in [5, 5.41) is 11.3. The minimum atomic E-state index is -0.605. The second-order valence-electron chi connectivity index (χ2n) is 6.35. The van der Waals surface area contributed by atoms with Gasteiger partial charge in [-0.3, -0.25) is 14.9 Å². The Labute approximate surface area is 180 Å². The normalized spacial score (nSPS) is 11.6. The lowest BCUT2D eigenvalue weighted by Crippen LogP contribution is -2.17. The Morgan fingerprint density at radius 3 is 2.48 bits per heavy atom. The zero-order chi connectivity index (χ0) is 21.0. The number of amides is 1. The monoisotopic (exact) mass is 473 g/mol. The highest BCUT2D eigenvalue weighted by atomic mass is 79.9. The minimum Gasteiger partial charge on any atom is -0.316 e. The molecule has 0 radical (unpaired) electrons. The summed E-state index contributed by atoms with van der Waals surface area (Å²) in [5.74, 6) is -0.605. The van der Waals surface area contributed by atoms with Crippen LogP contribution in [0.15, 0.2) is 58.0 Å².